The molecule has 0 aliphatic rings. The number of benzene rings is 2. The fourth-order valence-corrected chi connectivity index (χ4v) is 3.93. The molecule has 1 atom stereocenters. The molecule has 0 bridgehead atoms. The van der Waals surface area contributed by atoms with Gasteiger partial charge < -0.3 is 10.6 Å². The zero-order valence-corrected chi connectivity index (χ0v) is 19.0. The molecule has 0 unspecified atom stereocenters. The molecule has 0 spiro atoms. The van der Waals surface area contributed by atoms with E-state index in [2.05, 4.69) is 10.6 Å². The molecule has 7 nitrogen and oxygen atoms in total. The summed E-state index contributed by atoms with van der Waals surface area (Å²) in [6.07, 6.45) is 1.80. The molecule has 0 fully saturated rings. The third-order valence-corrected chi connectivity index (χ3v) is 5.91. The van der Waals surface area contributed by atoms with Gasteiger partial charge in [-0.05, 0) is 56.2 Å². The molecule has 0 aromatic heterocycles. The molecule has 2 aromatic carbocycles. The normalized spacial score (nSPS) is 12.2. The van der Waals surface area contributed by atoms with E-state index in [1.54, 1.807) is 49.4 Å². The van der Waals surface area contributed by atoms with Crippen molar-refractivity contribution in [1.82, 2.24) is 5.32 Å². The standard InChI is InChI=1S/C21H26ClN3O4S/c1-5-15(3)23-21(27)17-8-6-7-9-18(17)24-20(26)13-25(30(4,28)29)19-11-10-16(22)12-14(19)2/h6-12,15H,5,13H2,1-4H3,(H,23,27)(H,24,26)/t15-/m1/s1. The van der Waals surface area contributed by atoms with Gasteiger partial charge in [0.05, 0.1) is 23.2 Å². The number of anilines is 2. The first-order valence-corrected chi connectivity index (χ1v) is 11.7. The molecule has 0 aliphatic heterocycles. The van der Waals surface area contributed by atoms with Crippen LogP contribution in [-0.4, -0.2) is 39.1 Å². The predicted molar refractivity (Wildman–Crippen MR) is 121 cm³/mol. The van der Waals surface area contributed by atoms with E-state index in [4.69, 9.17) is 11.6 Å². The Kier molecular flexibility index (Phi) is 7.86. The van der Waals surface area contributed by atoms with Gasteiger partial charge in [-0.15, -0.1) is 0 Å². The minimum atomic E-state index is -3.74. The molecule has 0 heterocycles. The van der Waals surface area contributed by atoms with Crippen LogP contribution in [0.15, 0.2) is 42.5 Å². The molecule has 0 saturated heterocycles. The number of hydrogen-bond acceptors (Lipinski definition) is 4. The van der Waals surface area contributed by atoms with Gasteiger partial charge in [0.15, 0.2) is 0 Å². The summed E-state index contributed by atoms with van der Waals surface area (Å²) in [5.74, 6) is -0.882. The van der Waals surface area contributed by atoms with Crippen molar-refractivity contribution in [3.8, 4) is 0 Å². The zero-order chi connectivity index (χ0) is 22.5. The Balaban J connectivity index is 2.26. The first-order valence-electron chi connectivity index (χ1n) is 9.46. The van der Waals surface area contributed by atoms with E-state index in [1.165, 1.54) is 0 Å². The number of para-hydroxylation sites is 1. The highest BCUT2D eigenvalue weighted by Crippen LogP contribution is 2.25. The van der Waals surface area contributed by atoms with Crippen LogP contribution in [0.2, 0.25) is 5.02 Å². The van der Waals surface area contributed by atoms with Crippen LogP contribution in [0.1, 0.15) is 36.2 Å². The molecule has 9 heteroatoms. The zero-order valence-electron chi connectivity index (χ0n) is 17.4. The number of halogens is 1. The van der Waals surface area contributed by atoms with Gasteiger partial charge in [-0.2, -0.15) is 0 Å². The maximum atomic E-state index is 12.7. The van der Waals surface area contributed by atoms with Crippen molar-refractivity contribution in [2.75, 3.05) is 22.4 Å². The fourth-order valence-electron chi connectivity index (χ4n) is 2.79. The van der Waals surface area contributed by atoms with Crippen LogP contribution in [0.3, 0.4) is 0 Å². The molecule has 0 saturated carbocycles. The monoisotopic (exact) mass is 451 g/mol. The molecular formula is C21H26ClN3O4S. The van der Waals surface area contributed by atoms with Crippen LogP contribution in [0.5, 0.6) is 0 Å². The number of aryl methyl sites for hydroxylation is 1. The summed E-state index contributed by atoms with van der Waals surface area (Å²) in [7, 11) is -3.74. The van der Waals surface area contributed by atoms with Gasteiger partial charge in [0, 0.05) is 11.1 Å². The second kappa shape index (κ2) is 9.95. The second-order valence-corrected chi connectivity index (χ2v) is 9.42. The van der Waals surface area contributed by atoms with Crippen molar-refractivity contribution in [2.24, 2.45) is 0 Å². The lowest BCUT2D eigenvalue weighted by Gasteiger charge is -2.24. The smallest absolute Gasteiger partial charge is 0.253 e. The second-order valence-electron chi connectivity index (χ2n) is 7.08. The Morgan fingerprint density at radius 2 is 1.83 bits per heavy atom. The summed E-state index contributed by atoms with van der Waals surface area (Å²) in [5, 5.41) is 5.98. The molecule has 2 aromatic rings. The Morgan fingerprint density at radius 1 is 1.17 bits per heavy atom. The number of nitrogens with one attached hydrogen (secondary N) is 2. The average molecular weight is 452 g/mol. The van der Waals surface area contributed by atoms with Crippen LogP contribution in [0, 0.1) is 6.92 Å². The number of rotatable bonds is 8. The lowest BCUT2D eigenvalue weighted by atomic mass is 10.1. The van der Waals surface area contributed by atoms with Crippen LogP contribution in [0.25, 0.3) is 0 Å². The van der Waals surface area contributed by atoms with Gasteiger partial charge in [0.25, 0.3) is 5.91 Å². The Bertz CT molecular complexity index is 1040. The summed E-state index contributed by atoms with van der Waals surface area (Å²) in [6.45, 7) is 5.11. The topological polar surface area (TPSA) is 95.6 Å². The van der Waals surface area contributed by atoms with Gasteiger partial charge in [-0.3, -0.25) is 13.9 Å². The molecule has 162 valence electrons. The van der Waals surface area contributed by atoms with Gasteiger partial charge >= 0.3 is 0 Å². The highest BCUT2D eigenvalue weighted by atomic mass is 35.5. The van der Waals surface area contributed by atoms with Crippen molar-refractivity contribution < 1.29 is 18.0 Å². The van der Waals surface area contributed by atoms with Gasteiger partial charge in [-0.25, -0.2) is 8.42 Å². The van der Waals surface area contributed by atoms with E-state index in [0.717, 1.165) is 17.0 Å². The van der Waals surface area contributed by atoms with Gasteiger partial charge in [0.2, 0.25) is 15.9 Å². The third-order valence-electron chi connectivity index (χ3n) is 4.55. The van der Waals surface area contributed by atoms with Crippen molar-refractivity contribution in [1.29, 1.82) is 0 Å². The molecular weight excluding hydrogens is 426 g/mol. The van der Waals surface area contributed by atoms with Crippen LogP contribution in [-0.2, 0) is 14.8 Å². The lowest BCUT2D eigenvalue weighted by Crippen LogP contribution is -2.38. The highest BCUT2D eigenvalue weighted by Gasteiger charge is 2.23. The van der Waals surface area contributed by atoms with E-state index >= 15 is 0 Å². The van der Waals surface area contributed by atoms with E-state index in [9.17, 15) is 18.0 Å². The summed E-state index contributed by atoms with van der Waals surface area (Å²) >= 11 is 5.96. The highest BCUT2D eigenvalue weighted by molar-refractivity contribution is 7.92. The van der Waals surface area contributed by atoms with Gasteiger partial charge in [-0.1, -0.05) is 30.7 Å². The van der Waals surface area contributed by atoms with Crippen LogP contribution >= 0.6 is 11.6 Å². The van der Waals surface area contributed by atoms with Crippen molar-refractivity contribution >= 4 is 44.8 Å². The molecule has 30 heavy (non-hydrogen) atoms. The first-order chi connectivity index (χ1) is 14.0. The minimum Gasteiger partial charge on any atom is -0.350 e. The Hall–Kier alpha value is -2.58. The Morgan fingerprint density at radius 3 is 2.43 bits per heavy atom. The van der Waals surface area contributed by atoms with Crippen molar-refractivity contribution in [3.63, 3.8) is 0 Å². The number of hydrogen-bond donors (Lipinski definition) is 2. The average Bonchev–Trinajstić information content (AvgIpc) is 2.66. The molecule has 2 N–H and O–H groups in total. The van der Waals surface area contributed by atoms with Crippen molar-refractivity contribution in [3.05, 3.63) is 58.6 Å². The first kappa shape index (κ1) is 23.7. The minimum absolute atomic E-state index is 0.0186. The molecule has 0 radical (unpaired) electrons. The Labute approximate surface area is 182 Å². The maximum Gasteiger partial charge on any atom is 0.253 e. The van der Waals surface area contributed by atoms with E-state index in [0.29, 0.717) is 27.5 Å². The van der Waals surface area contributed by atoms with Crippen LogP contribution < -0.4 is 14.9 Å². The summed E-state index contributed by atoms with van der Waals surface area (Å²) < 4.78 is 25.7. The van der Waals surface area contributed by atoms with E-state index in [-0.39, 0.29) is 11.9 Å². The number of amides is 2. The number of carbonyl (C=O) groups excluding carboxylic acids is 2. The lowest BCUT2D eigenvalue weighted by molar-refractivity contribution is -0.114. The largest absolute Gasteiger partial charge is 0.350 e. The maximum absolute atomic E-state index is 12.7. The number of carbonyl (C=O) groups is 2. The molecule has 2 rings (SSSR count). The molecule has 2 amide bonds. The number of nitrogens with zero attached hydrogens (tertiary/aromatic N) is 1. The number of sulfonamides is 1. The molecule has 0 aliphatic carbocycles. The van der Waals surface area contributed by atoms with Crippen LogP contribution in [0.4, 0.5) is 11.4 Å². The summed E-state index contributed by atoms with van der Waals surface area (Å²) in [6, 6.07) is 11.3. The quantitative estimate of drug-likeness (QED) is 0.641. The van der Waals surface area contributed by atoms with Crippen molar-refractivity contribution in [2.45, 2.75) is 33.2 Å². The van der Waals surface area contributed by atoms with Gasteiger partial charge in [0.1, 0.15) is 6.54 Å². The van der Waals surface area contributed by atoms with E-state index < -0.39 is 22.5 Å². The van der Waals surface area contributed by atoms with E-state index in [1.807, 2.05) is 13.8 Å². The summed E-state index contributed by atoms with van der Waals surface area (Å²) in [4.78, 5) is 25.2. The summed E-state index contributed by atoms with van der Waals surface area (Å²) in [5.41, 5.74) is 1.60. The SMILES string of the molecule is CC[C@@H](C)NC(=O)c1ccccc1NC(=O)CN(c1ccc(Cl)cc1C)S(C)(=O)=O. The fraction of sp³-hybridized carbons (Fsp3) is 0.333. The predicted octanol–water partition coefficient (Wildman–Crippen LogP) is 3.58. The third kappa shape index (κ3) is 6.21.